The van der Waals surface area contributed by atoms with Crippen molar-refractivity contribution in [3.05, 3.63) is 77.7 Å². The van der Waals surface area contributed by atoms with Gasteiger partial charge in [-0.1, -0.05) is 30.2 Å². The van der Waals surface area contributed by atoms with Crippen molar-refractivity contribution in [3.8, 4) is 23.6 Å². The molecular formula is C19H14N2O2. The first-order chi connectivity index (χ1) is 11.2. The van der Waals surface area contributed by atoms with Crippen LogP contribution >= 0.6 is 0 Å². The third-order valence-electron chi connectivity index (χ3n) is 3.59. The number of terminal acetylenes is 1. The van der Waals surface area contributed by atoms with Crippen LogP contribution in [0.1, 0.15) is 21.5 Å². The van der Waals surface area contributed by atoms with Crippen molar-refractivity contribution in [2.24, 2.45) is 0 Å². The Morgan fingerprint density at radius 1 is 1.22 bits per heavy atom. The van der Waals surface area contributed by atoms with Gasteiger partial charge in [-0.25, -0.2) is 9.78 Å². The second-order valence-corrected chi connectivity index (χ2v) is 5.13. The SMILES string of the molecule is C#Cc1ccc(-c2cncn2Cc2cccc(C(=O)O)c2)cc1. The molecule has 0 aliphatic heterocycles. The summed E-state index contributed by atoms with van der Waals surface area (Å²) in [5, 5.41) is 9.08. The van der Waals surface area contributed by atoms with Gasteiger partial charge in [-0.2, -0.15) is 0 Å². The summed E-state index contributed by atoms with van der Waals surface area (Å²) in [4.78, 5) is 15.3. The van der Waals surface area contributed by atoms with Gasteiger partial charge in [0.15, 0.2) is 0 Å². The van der Waals surface area contributed by atoms with E-state index < -0.39 is 5.97 Å². The molecule has 0 unspecified atom stereocenters. The van der Waals surface area contributed by atoms with E-state index in [2.05, 4.69) is 10.9 Å². The molecule has 0 saturated carbocycles. The van der Waals surface area contributed by atoms with E-state index in [0.717, 1.165) is 22.4 Å². The highest BCUT2D eigenvalue weighted by Crippen LogP contribution is 2.21. The van der Waals surface area contributed by atoms with Crippen LogP contribution in [0, 0.1) is 12.3 Å². The standard InChI is InChI=1S/C19H14N2O2/c1-2-14-6-8-16(9-7-14)18-11-20-13-21(18)12-15-4-3-5-17(10-15)19(22)23/h1,3-11,13H,12H2,(H,22,23). The Morgan fingerprint density at radius 3 is 2.70 bits per heavy atom. The third kappa shape index (κ3) is 3.14. The summed E-state index contributed by atoms with van der Waals surface area (Å²) in [5.74, 6) is 1.66. The minimum absolute atomic E-state index is 0.280. The van der Waals surface area contributed by atoms with Gasteiger partial charge >= 0.3 is 5.97 Å². The van der Waals surface area contributed by atoms with Gasteiger partial charge in [0.05, 0.1) is 23.8 Å². The summed E-state index contributed by atoms with van der Waals surface area (Å²) in [6, 6.07) is 14.6. The molecule has 1 aromatic heterocycles. The highest BCUT2D eigenvalue weighted by molar-refractivity contribution is 5.87. The number of carboxylic acid groups (broad SMARTS) is 1. The fraction of sp³-hybridized carbons (Fsp3) is 0.0526. The van der Waals surface area contributed by atoms with Crippen molar-refractivity contribution in [2.45, 2.75) is 6.54 Å². The molecule has 1 heterocycles. The first kappa shape index (κ1) is 14.6. The highest BCUT2D eigenvalue weighted by atomic mass is 16.4. The molecule has 0 fully saturated rings. The van der Waals surface area contributed by atoms with E-state index >= 15 is 0 Å². The molecular weight excluding hydrogens is 288 g/mol. The summed E-state index contributed by atoms with van der Waals surface area (Å²) in [6.45, 7) is 0.549. The van der Waals surface area contributed by atoms with Crippen molar-refractivity contribution in [3.63, 3.8) is 0 Å². The number of aromatic nitrogens is 2. The lowest BCUT2D eigenvalue weighted by Crippen LogP contribution is -2.03. The summed E-state index contributed by atoms with van der Waals surface area (Å²) in [7, 11) is 0. The molecule has 4 heteroatoms. The number of aromatic carboxylic acids is 1. The molecule has 0 bridgehead atoms. The Balaban J connectivity index is 1.90. The number of hydrogen-bond acceptors (Lipinski definition) is 2. The molecule has 0 saturated heterocycles. The van der Waals surface area contributed by atoms with E-state index in [1.165, 1.54) is 0 Å². The van der Waals surface area contributed by atoms with E-state index in [-0.39, 0.29) is 5.56 Å². The van der Waals surface area contributed by atoms with Gasteiger partial charge in [0.25, 0.3) is 0 Å². The second-order valence-electron chi connectivity index (χ2n) is 5.13. The number of imidazole rings is 1. The average molecular weight is 302 g/mol. The molecule has 0 aliphatic carbocycles. The minimum Gasteiger partial charge on any atom is -0.478 e. The lowest BCUT2D eigenvalue weighted by atomic mass is 10.1. The maximum absolute atomic E-state index is 11.1. The summed E-state index contributed by atoms with van der Waals surface area (Å²) >= 11 is 0. The lowest BCUT2D eigenvalue weighted by molar-refractivity contribution is 0.0696. The number of benzene rings is 2. The van der Waals surface area contributed by atoms with Gasteiger partial charge in [-0.15, -0.1) is 6.42 Å². The predicted octanol–water partition coefficient (Wildman–Crippen LogP) is 3.28. The molecule has 2 aromatic carbocycles. The minimum atomic E-state index is -0.928. The van der Waals surface area contributed by atoms with Gasteiger partial charge in [0.1, 0.15) is 0 Å². The van der Waals surface area contributed by atoms with E-state index in [1.54, 1.807) is 30.7 Å². The van der Waals surface area contributed by atoms with Crippen LogP contribution in [0.25, 0.3) is 11.3 Å². The monoisotopic (exact) mass is 302 g/mol. The van der Waals surface area contributed by atoms with Crippen LogP contribution in [0.3, 0.4) is 0 Å². The van der Waals surface area contributed by atoms with Crippen LogP contribution in [0.5, 0.6) is 0 Å². The van der Waals surface area contributed by atoms with Gasteiger partial charge in [0.2, 0.25) is 0 Å². The van der Waals surface area contributed by atoms with E-state index in [0.29, 0.717) is 6.54 Å². The Labute approximate surface area is 134 Å². The van der Waals surface area contributed by atoms with Crippen LogP contribution < -0.4 is 0 Å². The second kappa shape index (κ2) is 6.20. The van der Waals surface area contributed by atoms with E-state index in [4.69, 9.17) is 11.5 Å². The first-order valence-electron chi connectivity index (χ1n) is 7.07. The Kier molecular flexibility index (Phi) is 3.94. The van der Waals surface area contributed by atoms with Crippen LogP contribution in [0.4, 0.5) is 0 Å². The summed E-state index contributed by atoms with van der Waals surface area (Å²) in [6.07, 6.45) is 8.89. The topological polar surface area (TPSA) is 55.1 Å². The maximum Gasteiger partial charge on any atom is 0.335 e. The molecule has 112 valence electrons. The Bertz CT molecular complexity index is 886. The first-order valence-corrected chi connectivity index (χ1v) is 7.07. The fourth-order valence-corrected chi connectivity index (χ4v) is 2.42. The largest absolute Gasteiger partial charge is 0.478 e. The van der Waals surface area contributed by atoms with Crippen molar-refractivity contribution < 1.29 is 9.90 Å². The number of carboxylic acids is 1. The zero-order valence-electron chi connectivity index (χ0n) is 12.3. The molecule has 0 aliphatic rings. The lowest BCUT2D eigenvalue weighted by Gasteiger charge is -2.09. The normalized spacial score (nSPS) is 10.2. The number of rotatable bonds is 4. The molecule has 0 spiro atoms. The van der Waals surface area contributed by atoms with Crippen molar-refractivity contribution in [2.75, 3.05) is 0 Å². The Hall–Kier alpha value is -3.32. The van der Waals surface area contributed by atoms with Gasteiger partial charge < -0.3 is 9.67 Å². The smallest absolute Gasteiger partial charge is 0.335 e. The molecule has 0 atom stereocenters. The van der Waals surface area contributed by atoms with Crippen molar-refractivity contribution in [1.82, 2.24) is 9.55 Å². The maximum atomic E-state index is 11.1. The third-order valence-corrected chi connectivity index (χ3v) is 3.59. The van der Waals surface area contributed by atoms with Crippen LogP contribution in [0.15, 0.2) is 61.1 Å². The van der Waals surface area contributed by atoms with E-state index in [1.807, 2.05) is 34.9 Å². The number of carbonyl (C=O) groups is 1. The molecule has 0 radical (unpaired) electrons. The number of nitrogens with zero attached hydrogens (tertiary/aromatic N) is 2. The zero-order chi connectivity index (χ0) is 16.2. The van der Waals surface area contributed by atoms with Gasteiger partial charge in [0, 0.05) is 12.1 Å². The van der Waals surface area contributed by atoms with Crippen molar-refractivity contribution >= 4 is 5.97 Å². The molecule has 3 rings (SSSR count). The van der Waals surface area contributed by atoms with Crippen LogP contribution in [-0.2, 0) is 6.54 Å². The average Bonchev–Trinajstić information content (AvgIpc) is 3.03. The molecule has 1 N–H and O–H groups in total. The highest BCUT2D eigenvalue weighted by Gasteiger charge is 2.08. The molecule has 0 amide bonds. The van der Waals surface area contributed by atoms with E-state index in [9.17, 15) is 4.79 Å². The Morgan fingerprint density at radius 2 is 2.00 bits per heavy atom. The molecule has 23 heavy (non-hydrogen) atoms. The molecule has 4 nitrogen and oxygen atoms in total. The predicted molar refractivity (Wildman–Crippen MR) is 88.1 cm³/mol. The summed E-state index contributed by atoms with van der Waals surface area (Å²) in [5.41, 5.74) is 3.98. The molecule has 3 aromatic rings. The quantitative estimate of drug-likeness (QED) is 0.752. The zero-order valence-corrected chi connectivity index (χ0v) is 12.3. The van der Waals surface area contributed by atoms with Crippen LogP contribution in [-0.4, -0.2) is 20.6 Å². The number of hydrogen-bond donors (Lipinski definition) is 1. The fourth-order valence-electron chi connectivity index (χ4n) is 2.42. The summed E-state index contributed by atoms with van der Waals surface area (Å²) < 4.78 is 1.98. The van der Waals surface area contributed by atoms with Gasteiger partial charge in [-0.3, -0.25) is 0 Å². The van der Waals surface area contributed by atoms with Crippen molar-refractivity contribution in [1.29, 1.82) is 0 Å². The van der Waals surface area contributed by atoms with Gasteiger partial charge in [-0.05, 0) is 35.4 Å². The van der Waals surface area contributed by atoms with Crippen LogP contribution in [0.2, 0.25) is 0 Å².